The highest BCUT2D eigenvalue weighted by molar-refractivity contribution is 5.86. The van der Waals surface area contributed by atoms with Gasteiger partial charge in [0.15, 0.2) is 5.75 Å². The van der Waals surface area contributed by atoms with Crippen LogP contribution < -0.4 is 19.8 Å². The van der Waals surface area contributed by atoms with E-state index in [4.69, 9.17) is 18.6 Å². The minimum Gasteiger partial charge on any atom is -0.497 e. The molecule has 0 bridgehead atoms. The van der Waals surface area contributed by atoms with Crippen LogP contribution in [-0.2, 0) is 0 Å². The maximum atomic E-state index is 12.8. The molecule has 0 aliphatic rings. The normalized spacial score (nSPS) is 11.9. The number of hydrogen-bond acceptors (Lipinski definition) is 5. The Morgan fingerprint density at radius 3 is 1.86 bits per heavy atom. The lowest BCUT2D eigenvalue weighted by atomic mass is 10.1. The van der Waals surface area contributed by atoms with E-state index < -0.39 is 5.63 Å². The molecule has 0 atom stereocenters. The second-order valence-corrected chi connectivity index (χ2v) is 9.27. The van der Waals surface area contributed by atoms with Gasteiger partial charge in [0.25, 0.3) is 0 Å². The second kappa shape index (κ2) is 14.2. The van der Waals surface area contributed by atoms with Gasteiger partial charge in [0.2, 0.25) is 5.75 Å². The molecule has 5 heteroatoms. The van der Waals surface area contributed by atoms with Crippen molar-refractivity contribution in [3.05, 3.63) is 75.2 Å². The summed E-state index contributed by atoms with van der Waals surface area (Å²) in [6.45, 7) is 13.1. The minimum absolute atomic E-state index is 0.0895. The van der Waals surface area contributed by atoms with Crippen LogP contribution in [0.2, 0.25) is 0 Å². The van der Waals surface area contributed by atoms with Crippen LogP contribution in [0.25, 0.3) is 11.0 Å². The molecule has 0 saturated heterocycles. The Hall–Kier alpha value is -3.21. The monoisotopic (exact) mass is 480 g/mol. The summed E-state index contributed by atoms with van der Waals surface area (Å²) in [6.07, 6.45) is 12.4. The van der Waals surface area contributed by atoms with E-state index in [0.29, 0.717) is 29.1 Å². The first-order chi connectivity index (χ1) is 16.7. The predicted octanol–water partition coefficient (Wildman–Crippen LogP) is 7.94. The average Bonchev–Trinajstić information content (AvgIpc) is 2.79. The van der Waals surface area contributed by atoms with Gasteiger partial charge in [0, 0.05) is 6.07 Å². The van der Waals surface area contributed by atoms with Crippen LogP contribution in [0.15, 0.2) is 74.0 Å². The average molecular weight is 481 g/mol. The quantitative estimate of drug-likeness (QED) is 0.215. The zero-order chi connectivity index (χ0) is 25.8. The Labute approximate surface area is 209 Å². The molecule has 0 amide bonds. The molecule has 0 fully saturated rings. The lowest BCUT2D eigenvalue weighted by molar-refractivity contribution is 0.295. The summed E-state index contributed by atoms with van der Waals surface area (Å²) in [5, 5.41) is 0.667. The van der Waals surface area contributed by atoms with Gasteiger partial charge in [0.1, 0.15) is 24.5 Å². The van der Waals surface area contributed by atoms with E-state index >= 15 is 0 Å². The van der Waals surface area contributed by atoms with Gasteiger partial charge in [-0.1, -0.05) is 34.4 Å². The summed E-state index contributed by atoms with van der Waals surface area (Å²) in [7, 11) is 1.57. The molecule has 0 saturated carbocycles. The SMILES string of the molecule is COc1ccc2c(OCC=C(C)CCC=C(C)C)c(OCC=C(C)CCC=C(C)C)c(=O)oc2c1. The Morgan fingerprint density at radius 1 is 0.800 bits per heavy atom. The van der Waals surface area contributed by atoms with Crippen molar-refractivity contribution in [2.75, 3.05) is 20.3 Å². The van der Waals surface area contributed by atoms with Crippen molar-refractivity contribution in [3.63, 3.8) is 0 Å². The fourth-order valence-electron chi connectivity index (χ4n) is 3.45. The molecule has 0 spiro atoms. The summed E-state index contributed by atoms with van der Waals surface area (Å²) in [4.78, 5) is 12.8. The highest BCUT2D eigenvalue weighted by atomic mass is 16.5. The van der Waals surface area contributed by atoms with E-state index in [0.717, 1.165) is 25.7 Å². The van der Waals surface area contributed by atoms with Crippen molar-refractivity contribution in [1.82, 2.24) is 0 Å². The van der Waals surface area contributed by atoms with E-state index in [2.05, 4.69) is 53.7 Å². The standard InChI is InChI=1S/C30H40O5/c1-21(2)10-8-12-23(5)16-18-33-28-26-15-14-25(32-7)20-27(26)35-30(31)29(28)34-19-17-24(6)13-9-11-22(3)4/h10-11,14-17,20H,8-9,12-13,18-19H2,1-7H3. The Kier molecular flexibility index (Phi) is 11.4. The number of hydrogen-bond donors (Lipinski definition) is 0. The summed E-state index contributed by atoms with van der Waals surface area (Å²) in [6, 6.07) is 5.32. The largest absolute Gasteiger partial charge is 0.497 e. The maximum Gasteiger partial charge on any atom is 0.383 e. The van der Waals surface area contributed by atoms with Gasteiger partial charge in [-0.2, -0.15) is 0 Å². The molecule has 2 aromatic rings. The van der Waals surface area contributed by atoms with Crippen molar-refractivity contribution in [3.8, 4) is 17.2 Å². The zero-order valence-corrected chi connectivity index (χ0v) is 22.3. The topological polar surface area (TPSA) is 57.9 Å². The Bertz CT molecular complexity index is 1150. The van der Waals surface area contributed by atoms with Gasteiger partial charge < -0.3 is 18.6 Å². The number of methoxy groups -OCH3 is 1. The molecule has 1 aromatic heterocycles. The summed E-state index contributed by atoms with van der Waals surface area (Å²) in [5.74, 6) is 1.08. The van der Waals surface area contributed by atoms with Crippen LogP contribution in [0.5, 0.6) is 17.2 Å². The second-order valence-electron chi connectivity index (χ2n) is 9.27. The third-order valence-corrected chi connectivity index (χ3v) is 5.53. The van der Waals surface area contributed by atoms with Crippen molar-refractivity contribution in [2.45, 2.75) is 67.2 Å². The first-order valence-electron chi connectivity index (χ1n) is 12.2. The van der Waals surface area contributed by atoms with Crippen LogP contribution in [-0.4, -0.2) is 20.3 Å². The molecule has 0 N–H and O–H groups in total. The molecular weight excluding hydrogens is 440 g/mol. The van der Waals surface area contributed by atoms with Crippen LogP contribution >= 0.6 is 0 Å². The molecule has 2 rings (SSSR count). The third kappa shape index (κ3) is 9.51. The van der Waals surface area contributed by atoms with Crippen LogP contribution in [0.1, 0.15) is 67.2 Å². The molecule has 1 aromatic carbocycles. The summed E-state index contributed by atoms with van der Waals surface area (Å²) >= 11 is 0. The van der Waals surface area contributed by atoms with E-state index in [9.17, 15) is 4.79 Å². The molecule has 190 valence electrons. The van der Waals surface area contributed by atoms with Gasteiger partial charge in [-0.25, -0.2) is 4.79 Å². The zero-order valence-electron chi connectivity index (χ0n) is 22.3. The molecule has 1 heterocycles. The van der Waals surface area contributed by atoms with E-state index in [-0.39, 0.29) is 12.4 Å². The molecule has 0 unspecified atom stereocenters. The molecule has 35 heavy (non-hydrogen) atoms. The highest BCUT2D eigenvalue weighted by Gasteiger charge is 2.18. The fraction of sp³-hybridized carbons (Fsp3) is 0.433. The minimum atomic E-state index is -0.569. The van der Waals surface area contributed by atoms with Gasteiger partial charge in [-0.3, -0.25) is 0 Å². The highest BCUT2D eigenvalue weighted by Crippen LogP contribution is 2.34. The van der Waals surface area contributed by atoms with Crippen LogP contribution in [0.3, 0.4) is 0 Å². The van der Waals surface area contributed by atoms with Crippen LogP contribution in [0, 0.1) is 0 Å². The number of fused-ring (bicyclic) bond motifs is 1. The number of rotatable bonds is 13. The van der Waals surface area contributed by atoms with Gasteiger partial charge in [0.05, 0.1) is 12.5 Å². The first kappa shape index (κ1) is 28.0. The number of ether oxygens (including phenoxy) is 3. The number of benzene rings is 1. The fourth-order valence-corrected chi connectivity index (χ4v) is 3.45. The number of allylic oxidation sites excluding steroid dienone is 6. The lowest BCUT2D eigenvalue weighted by Crippen LogP contribution is -2.11. The smallest absolute Gasteiger partial charge is 0.383 e. The third-order valence-electron chi connectivity index (χ3n) is 5.53. The van der Waals surface area contributed by atoms with Crippen molar-refractivity contribution >= 4 is 11.0 Å². The van der Waals surface area contributed by atoms with Crippen molar-refractivity contribution in [1.29, 1.82) is 0 Å². The maximum absolute atomic E-state index is 12.8. The van der Waals surface area contributed by atoms with E-state index in [1.54, 1.807) is 13.2 Å². The van der Waals surface area contributed by atoms with E-state index in [1.807, 2.05) is 24.3 Å². The lowest BCUT2D eigenvalue weighted by Gasteiger charge is -2.13. The molecule has 0 aliphatic carbocycles. The van der Waals surface area contributed by atoms with Gasteiger partial charge >= 0.3 is 5.63 Å². The molecular formula is C30H40O5. The van der Waals surface area contributed by atoms with Gasteiger partial charge in [-0.05, 0) is 91.5 Å². The molecule has 0 aliphatic heterocycles. The predicted molar refractivity (Wildman–Crippen MR) is 145 cm³/mol. The molecule has 5 nitrogen and oxygen atoms in total. The van der Waals surface area contributed by atoms with E-state index in [1.165, 1.54) is 22.3 Å². The van der Waals surface area contributed by atoms with Gasteiger partial charge in [-0.15, -0.1) is 0 Å². The summed E-state index contributed by atoms with van der Waals surface area (Å²) in [5.41, 5.74) is 4.89. The molecule has 0 radical (unpaired) electrons. The van der Waals surface area contributed by atoms with Crippen molar-refractivity contribution in [2.24, 2.45) is 0 Å². The first-order valence-corrected chi connectivity index (χ1v) is 12.2. The van der Waals surface area contributed by atoms with Crippen molar-refractivity contribution < 1.29 is 18.6 Å². The van der Waals surface area contributed by atoms with Crippen LogP contribution in [0.4, 0.5) is 0 Å². The Morgan fingerprint density at radius 2 is 1.34 bits per heavy atom. The Balaban J connectivity index is 2.25. The summed E-state index contributed by atoms with van der Waals surface area (Å²) < 4.78 is 22.8.